The highest BCUT2D eigenvalue weighted by atomic mass is 16.5. The molecule has 0 saturated heterocycles. The fourth-order valence-electron chi connectivity index (χ4n) is 3.72. The van der Waals surface area contributed by atoms with Gasteiger partial charge in [-0.15, -0.1) is 0 Å². The summed E-state index contributed by atoms with van der Waals surface area (Å²) < 4.78 is 10.9. The lowest BCUT2D eigenvalue weighted by Gasteiger charge is -2.23. The van der Waals surface area contributed by atoms with Gasteiger partial charge in [-0.25, -0.2) is 4.98 Å². The third-order valence-electron chi connectivity index (χ3n) is 5.12. The number of hydrogen-bond acceptors (Lipinski definition) is 7. The molecule has 0 fully saturated rings. The minimum absolute atomic E-state index is 0.0544. The summed E-state index contributed by atoms with van der Waals surface area (Å²) in [5.74, 6) is 2.69. The fraction of sp³-hybridized carbons (Fsp3) is 0.292. The molecule has 0 aliphatic heterocycles. The molecule has 0 bridgehead atoms. The largest absolute Gasteiger partial charge is 0.495 e. The van der Waals surface area contributed by atoms with Crippen molar-refractivity contribution in [3.05, 3.63) is 59.8 Å². The van der Waals surface area contributed by atoms with Crippen LogP contribution in [0.5, 0.6) is 11.5 Å². The number of carbonyl (C=O) groups excluding carboxylic acids is 1. The van der Waals surface area contributed by atoms with Crippen LogP contribution in [0, 0.1) is 5.92 Å². The second-order valence-electron chi connectivity index (χ2n) is 7.56. The van der Waals surface area contributed by atoms with Crippen LogP contribution in [0.25, 0.3) is 0 Å². The number of benzene rings is 2. The van der Waals surface area contributed by atoms with Gasteiger partial charge in [-0.05, 0) is 55.7 Å². The van der Waals surface area contributed by atoms with Crippen molar-refractivity contribution in [3.8, 4) is 11.5 Å². The lowest BCUT2D eigenvalue weighted by molar-refractivity contribution is 0.0952. The molecule has 1 unspecified atom stereocenters. The number of anilines is 4. The molecule has 0 saturated carbocycles. The molecule has 0 radical (unpaired) electrons. The van der Waals surface area contributed by atoms with Crippen molar-refractivity contribution in [2.24, 2.45) is 5.92 Å². The monoisotopic (exact) mass is 418 g/mol. The molecular formula is C24H26N4O3. The van der Waals surface area contributed by atoms with Crippen molar-refractivity contribution in [2.45, 2.75) is 26.7 Å². The zero-order chi connectivity index (χ0) is 21.8. The molecule has 1 heterocycles. The summed E-state index contributed by atoms with van der Waals surface area (Å²) in [6, 6.07) is 15.2. The first-order chi connectivity index (χ1) is 15.1. The van der Waals surface area contributed by atoms with E-state index in [0.29, 0.717) is 36.1 Å². The minimum atomic E-state index is 0.0544. The molecule has 7 nitrogen and oxygen atoms in total. The maximum atomic E-state index is 12.8. The highest BCUT2D eigenvalue weighted by Gasteiger charge is 2.28. The predicted octanol–water partition coefficient (Wildman–Crippen LogP) is 5.14. The standard InChI is InChI=1S/C24H26N4O3/c1-4-31-17-11-9-16(10-12-17)25-24-27-19-13-15(2)14-20(29)22(19)23(28-24)26-18-7-5-6-8-21(18)30-3/h5-12,15H,4,13-14H2,1-3H3,(H2,25,26,27,28). The Morgan fingerprint density at radius 3 is 2.55 bits per heavy atom. The fourth-order valence-corrected chi connectivity index (χ4v) is 3.72. The van der Waals surface area contributed by atoms with E-state index in [1.807, 2.05) is 55.5 Å². The van der Waals surface area contributed by atoms with E-state index in [1.165, 1.54) is 0 Å². The van der Waals surface area contributed by atoms with Gasteiger partial charge >= 0.3 is 0 Å². The molecule has 1 atom stereocenters. The van der Waals surface area contributed by atoms with Gasteiger partial charge in [-0.1, -0.05) is 19.1 Å². The van der Waals surface area contributed by atoms with E-state index in [9.17, 15) is 4.79 Å². The van der Waals surface area contributed by atoms with E-state index < -0.39 is 0 Å². The van der Waals surface area contributed by atoms with Crippen molar-refractivity contribution in [1.82, 2.24) is 9.97 Å². The van der Waals surface area contributed by atoms with Crippen LogP contribution in [0.2, 0.25) is 0 Å². The Morgan fingerprint density at radius 1 is 1.03 bits per heavy atom. The Bertz CT molecular complexity index is 1080. The lowest BCUT2D eigenvalue weighted by atomic mass is 9.87. The van der Waals surface area contributed by atoms with Crippen LogP contribution < -0.4 is 20.1 Å². The van der Waals surface area contributed by atoms with E-state index >= 15 is 0 Å². The van der Waals surface area contributed by atoms with Gasteiger partial charge in [0.05, 0.1) is 30.7 Å². The Balaban J connectivity index is 1.71. The molecule has 4 rings (SSSR count). The lowest BCUT2D eigenvalue weighted by Crippen LogP contribution is -2.22. The molecule has 0 spiro atoms. The zero-order valence-corrected chi connectivity index (χ0v) is 17.9. The highest BCUT2D eigenvalue weighted by molar-refractivity contribution is 6.03. The number of aromatic nitrogens is 2. The number of methoxy groups -OCH3 is 1. The summed E-state index contributed by atoms with van der Waals surface area (Å²) in [5, 5.41) is 6.54. The van der Waals surface area contributed by atoms with Gasteiger partial charge in [0, 0.05) is 12.1 Å². The van der Waals surface area contributed by atoms with Gasteiger partial charge < -0.3 is 20.1 Å². The highest BCUT2D eigenvalue weighted by Crippen LogP contribution is 2.34. The van der Waals surface area contributed by atoms with Crippen LogP contribution >= 0.6 is 0 Å². The van der Waals surface area contributed by atoms with Crippen LogP contribution in [-0.4, -0.2) is 29.5 Å². The van der Waals surface area contributed by atoms with Gasteiger partial charge in [0.1, 0.15) is 17.3 Å². The van der Waals surface area contributed by atoms with E-state index in [2.05, 4.69) is 27.5 Å². The number of para-hydroxylation sites is 2. The van der Waals surface area contributed by atoms with Crippen LogP contribution in [0.4, 0.5) is 23.1 Å². The molecule has 1 aliphatic carbocycles. The van der Waals surface area contributed by atoms with Crippen LogP contribution in [0.15, 0.2) is 48.5 Å². The first-order valence-corrected chi connectivity index (χ1v) is 10.4. The number of nitrogens with one attached hydrogen (secondary N) is 2. The van der Waals surface area contributed by atoms with E-state index in [4.69, 9.17) is 9.47 Å². The van der Waals surface area contributed by atoms with Gasteiger partial charge in [-0.2, -0.15) is 4.98 Å². The maximum absolute atomic E-state index is 12.8. The Kier molecular flexibility index (Phi) is 6.02. The van der Waals surface area contributed by atoms with E-state index in [-0.39, 0.29) is 11.7 Å². The van der Waals surface area contributed by atoms with Gasteiger partial charge in [0.15, 0.2) is 5.78 Å². The normalized spacial score (nSPS) is 15.2. The number of nitrogens with zero attached hydrogens (tertiary/aromatic N) is 2. The molecule has 0 amide bonds. The smallest absolute Gasteiger partial charge is 0.229 e. The van der Waals surface area contributed by atoms with Crippen LogP contribution in [-0.2, 0) is 6.42 Å². The summed E-state index contributed by atoms with van der Waals surface area (Å²) in [4.78, 5) is 22.2. The van der Waals surface area contributed by atoms with Gasteiger partial charge in [0.2, 0.25) is 5.95 Å². The number of carbonyl (C=O) groups is 1. The average molecular weight is 418 g/mol. The Labute approximate surface area is 181 Å². The third-order valence-corrected chi connectivity index (χ3v) is 5.12. The number of ketones is 1. The summed E-state index contributed by atoms with van der Waals surface area (Å²) in [6.45, 7) is 4.63. The second kappa shape index (κ2) is 9.04. The van der Waals surface area contributed by atoms with Crippen molar-refractivity contribution in [3.63, 3.8) is 0 Å². The average Bonchev–Trinajstić information content (AvgIpc) is 2.75. The minimum Gasteiger partial charge on any atom is -0.495 e. The van der Waals surface area contributed by atoms with Crippen molar-refractivity contribution >= 4 is 28.9 Å². The summed E-state index contributed by atoms with van der Waals surface area (Å²) in [5.41, 5.74) is 2.89. The Morgan fingerprint density at radius 2 is 1.81 bits per heavy atom. The van der Waals surface area contributed by atoms with E-state index in [1.54, 1.807) is 7.11 Å². The molecule has 2 aromatic carbocycles. The summed E-state index contributed by atoms with van der Waals surface area (Å²) in [7, 11) is 1.61. The van der Waals surface area contributed by atoms with E-state index in [0.717, 1.165) is 29.2 Å². The number of fused-ring (bicyclic) bond motifs is 1. The van der Waals surface area contributed by atoms with Crippen molar-refractivity contribution in [2.75, 3.05) is 24.4 Å². The predicted molar refractivity (Wildman–Crippen MR) is 121 cm³/mol. The number of hydrogen-bond donors (Lipinski definition) is 2. The second-order valence-corrected chi connectivity index (χ2v) is 7.56. The molecule has 1 aromatic heterocycles. The number of ether oxygens (including phenoxy) is 2. The van der Waals surface area contributed by atoms with Crippen LogP contribution in [0.3, 0.4) is 0 Å². The Hall–Kier alpha value is -3.61. The van der Waals surface area contributed by atoms with Crippen molar-refractivity contribution < 1.29 is 14.3 Å². The van der Waals surface area contributed by atoms with Gasteiger partial charge in [-0.3, -0.25) is 4.79 Å². The molecule has 31 heavy (non-hydrogen) atoms. The first-order valence-electron chi connectivity index (χ1n) is 10.4. The number of rotatable bonds is 7. The number of Topliss-reactive ketones (excluding diaryl/α,β-unsaturated/α-hetero) is 1. The summed E-state index contributed by atoms with van der Waals surface area (Å²) >= 11 is 0. The van der Waals surface area contributed by atoms with Crippen LogP contribution in [0.1, 0.15) is 36.3 Å². The van der Waals surface area contributed by atoms with Crippen molar-refractivity contribution in [1.29, 1.82) is 0 Å². The molecule has 7 heteroatoms. The van der Waals surface area contributed by atoms with Gasteiger partial charge in [0.25, 0.3) is 0 Å². The zero-order valence-electron chi connectivity index (χ0n) is 17.9. The first kappa shape index (κ1) is 20.7. The third kappa shape index (κ3) is 4.60. The molecule has 2 N–H and O–H groups in total. The molecule has 1 aliphatic rings. The quantitative estimate of drug-likeness (QED) is 0.550. The molecular weight excluding hydrogens is 392 g/mol. The molecule has 160 valence electrons. The molecule has 3 aromatic rings. The summed E-state index contributed by atoms with van der Waals surface area (Å²) in [6.07, 6.45) is 1.21. The maximum Gasteiger partial charge on any atom is 0.229 e. The SMILES string of the molecule is CCOc1ccc(Nc2nc3c(c(Nc4ccccc4OC)n2)C(=O)CC(C)C3)cc1. The topological polar surface area (TPSA) is 85.4 Å².